The van der Waals surface area contributed by atoms with Crippen molar-refractivity contribution < 1.29 is 0 Å². The van der Waals surface area contributed by atoms with E-state index in [2.05, 4.69) is 19.1 Å². The van der Waals surface area contributed by atoms with Crippen LogP contribution in [0.5, 0.6) is 0 Å². The molecule has 0 heterocycles. The molecule has 0 spiro atoms. The number of thioether (sulfide) groups is 1. The van der Waals surface area contributed by atoms with Gasteiger partial charge in [-0.25, -0.2) is 0 Å². The van der Waals surface area contributed by atoms with E-state index in [1.54, 1.807) is 0 Å². The van der Waals surface area contributed by atoms with E-state index >= 15 is 0 Å². The minimum Gasteiger partial charge on any atom is -0.398 e. The van der Waals surface area contributed by atoms with Crippen LogP contribution in [0.25, 0.3) is 0 Å². The summed E-state index contributed by atoms with van der Waals surface area (Å²) >= 11 is 2.00. The molecular formula is C14H21NS. The van der Waals surface area contributed by atoms with Gasteiger partial charge in [-0.05, 0) is 30.9 Å². The predicted molar refractivity (Wildman–Crippen MR) is 72.7 cm³/mol. The Balaban J connectivity index is 2.05. The molecule has 2 rings (SSSR count). The van der Waals surface area contributed by atoms with Gasteiger partial charge in [0.2, 0.25) is 0 Å². The van der Waals surface area contributed by atoms with Gasteiger partial charge in [-0.2, -0.15) is 0 Å². The summed E-state index contributed by atoms with van der Waals surface area (Å²) in [6.45, 7) is 2.32. The maximum absolute atomic E-state index is 6.00. The van der Waals surface area contributed by atoms with E-state index in [0.29, 0.717) is 0 Å². The molecule has 0 aromatic heterocycles. The second-order valence-electron chi connectivity index (χ2n) is 4.65. The Bertz CT molecular complexity index is 337. The van der Waals surface area contributed by atoms with Gasteiger partial charge in [0.25, 0.3) is 0 Å². The van der Waals surface area contributed by atoms with E-state index in [1.807, 2.05) is 23.9 Å². The lowest BCUT2D eigenvalue weighted by molar-refractivity contribution is 0.361. The van der Waals surface area contributed by atoms with Gasteiger partial charge in [0.05, 0.1) is 0 Å². The number of rotatable bonds is 3. The lowest BCUT2D eigenvalue weighted by atomic mass is 9.87. The molecule has 0 bridgehead atoms. The fourth-order valence-electron chi connectivity index (χ4n) is 2.55. The molecule has 2 heteroatoms. The smallest absolute Gasteiger partial charge is 0.0452 e. The summed E-state index contributed by atoms with van der Waals surface area (Å²) in [5.74, 6) is 0.887. The normalized spacial score (nSPS) is 25.6. The van der Waals surface area contributed by atoms with Crippen LogP contribution in [-0.4, -0.2) is 5.25 Å². The van der Waals surface area contributed by atoms with Crippen molar-refractivity contribution in [3.8, 4) is 0 Å². The van der Waals surface area contributed by atoms with Crippen LogP contribution in [0.2, 0.25) is 0 Å². The van der Waals surface area contributed by atoms with Gasteiger partial charge in [0.1, 0.15) is 0 Å². The fraction of sp³-hybridized carbons (Fsp3) is 0.571. The number of para-hydroxylation sites is 1. The highest BCUT2D eigenvalue weighted by Crippen LogP contribution is 2.40. The molecule has 2 atom stereocenters. The van der Waals surface area contributed by atoms with Gasteiger partial charge < -0.3 is 5.73 Å². The average molecular weight is 235 g/mol. The second-order valence-corrected chi connectivity index (χ2v) is 5.93. The maximum atomic E-state index is 6.00. The number of anilines is 1. The largest absolute Gasteiger partial charge is 0.398 e. The summed E-state index contributed by atoms with van der Waals surface area (Å²) in [5.41, 5.74) is 6.94. The Hall–Kier alpha value is -0.630. The molecule has 1 aliphatic carbocycles. The Morgan fingerprint density at radius 2 is 2.00 bits per heavy atom. The highest BCUT2D eigenvalue weighted by molar-refractivity contribution is 8.00. The summed E-state index contributed by atoms with van der Waals surface area (Å²) in [5, 5.41) is 0.781. The van der Waals surface area contributed by atoms with Crippen molar-refractivity contribution in [3.05, 3.63) is 24.3 Å². The standard InChI is InChI=1S/C14H21NS/c1-2-11-7-3-5-9-13(11)16-14-10-6-4-8-12(14)15/h4,6,8,10-11,13H,2-3,5,7,9,15H2,1H3. The number of nitrogens with two attached hydrogens (primary N) is 1. The van der Waals surface area contributed by atoms with Crippen LogP contribution < -0.4 is 5.73 Å². The minimum absolute atomic E-state index is 0.781. The second kappa shape index (κ2) is 5.62. The number of hydrogen-bond acceptors (Lipinski definition) is 2. The average Bonchev–Trinajstić information content (AvgIpc) is 2.33. The third kappa shape index (κ3) is 2.73. The van der Waals surface area contributed by atoms with Crippen LogP contribution in [0.15, 0.2) is 29.2 Å². The summed E-state index contributed by atoms with van der Waals surface area (Å²) in [6, 6.07) is 8.26. The highest BCUT2D eigenvalue weighted by Gasteiger charge is 2.24. The molecule has 0 radical (unpaired) electrons. The molecule has 16 heavy (non-hydrogen) atoms. The Kier molecular flexibility index (Phi) is 4.16. The zero-order valence-electron chi connectivity index (χ0n) is 9.99. The molecule has 1 aromatic rings. The van der Waals surface area contributed by atoms with Crippen LogP contribution in [0.4, 0.5) is 5.69 Å². The Morgan fingerprint density at radius 1 is 1.25 bits per heavy atom. The molecule has 1 aromatic carbocycles. The molecule has 0 saturated heterocycles. The van der Waals surface area contributed by atoms with Crippen molar-refractivity contribution in [2.45, 2.75) is 49.2 Å². The molecule has 88 valence electrons. The van der Waals surface area contributed by atoms with E-state index in [1.165, 1.54) is 37.0 Å². The zero-order chi connectivity index (χ0) is 11.4. The third-order valence-electron chi connectivity index (χ3n) is 3.56. The SMILES string of the molecule is CCC1CCCCC1Sc1ccccc1N. The minimum atomic E-state index is 0.781. The van der Waals surface area contributed by atoms with Crippen molar-refractivity contribution in [3.63, 3.8) is 0 Å². The molecule has 2 unspecified atom stereocenters. The van der Waals surface area contributed by atoms with E-state index in [4.69, 9.17) is 5.73 Å². The third-order valence-corrected chi connectivity index (χ3v) is 5.11. The predicted octanol–water partition coefficient (Wildman–Crippen LogP) is 4.33. The van der Waals surface area contributed by atoms with E-state index in [-0.39, 0.29) is 0 Å². The van der Waals surface area contributed by atoms with Crippen molar-refractivity contribution in [2.75, 3.05) is 5.73 Å². The van der Waals surface area contributed by atoms with E-state index < -0.39 is 0 Å². The van der Waals surface area contributed by atoms with Gasteiger partial charge >= 0.3 is 0 Å². The van der Waals surface area contributed by atoms with Crippen LogP contribution in [0, 0.1) is 5.92 Å². The maximum Gasteiger partial charge on any atom is 0.0452 e. The first-order chi connectivity index (χ1) is 7.81. The molecule has 0 amide bonds. The van der Waals surface area contributed by atoms with Gasteiger partial charge in [-0.3, -0.25) is 0 Å². The fourth-order valence-corrected chi connectivity index (χ4v) is 4.04. The highest BCUT2D eigenvalue weighted by atomic mass is 32.2. The molecule has 1 fully saturated rings. The van der Waals surface area contributed by atoms with Crippen molar-refractivity contribution >= 4 is 17.4 Å². The quantitative estimate of drug-likeness (QED) is 0.789. The Morgan fingerprint density at radius 3 is 2.75 bits per heavy atom. The van der Waals surface area contributed by atoms with Crippen LogP contribution >= 0.6 is 11.8 Å². The number of nitrogen functional groups attached to an aromatic ring is 1. The molecule has 1 aliphatic rings. The number of hydrogen-bond donors (Lipinski definition) is 1. The number of benzene rings is 1. The Labute approximate surface area is 103 Å². The first-order valence-electron chi connectivity index (χ1n) is 6.32. The summed E-state index contributed by atoms with van der Waals surface area (Å²) in [4.78, 5) is 1.27. The lowest BCUT2D eigenvalue weighted by Gasteiger charge is -2.30. The molecule has 2 N–H and O–H groups in total. The van der Waals surface area contributed by atoms with Crippen LogP contribution in [0.3, 0.4) is 0 Å². The van der Waals surface area contributed by atoms with E-state index in [0.717, 1.165) is 16.9 Å². The van der Waals surface area contributed by atoms with Gasteiger partial charge in [-0.15, -0.1) is 11.8 Å². The van der Waals surface area contributed by atoms with Crippen LogP contribution in [0.1, 0.15) is 39.0 Å². The van der Waals surface area contributed by atoms with Crippen molar-refractivity contribution in [1.29, 1.82) is 0 Å². The first kappa shape index (κ1) is 11.8. The van der Waals surface area contributed by atoms with Crippen molar-refractivity contribution in [1.82, 2.24) is 0 Å². The topological polar surface area (TPSA) is 26.0 Å². The summed E-state index contributed by atoms with van der Waals surface area (Å²) in [7, 11) is 0. The van der Waals surface area contributed by atoms with Crippen molar-refractivity contribution in [2.24, 2.45) is 5.92 Å². The molecular weight excluding hydrogens is 214 g/mol. The van der Waals surface area contributed by atoms with Gasteiger partial charge in [0.15, 0.2) is 0 Å². The summed E-state index contributed by atoms with van der Waals surface area (Å²) in [6.07, 6.45) is 6.88. The van der Waals surface area contributed by atoms with Gasteiger partial charge in [-0.1, -0.05) is 38.3 Å². The monoisotopic (exact) mass is 235 g/mol. The molecule has 1 nitrogen and oxygen atoms in total. The van der Waals surface area contributed by atoms with E-state index in [9.17, 15) is 0 Å². The molecule has 1 saturated carbocycles. The van der Waals surface area contributed by atoms with Crippen LogP contribution in [-0.2, 0) is 0 Å². The summed E-state index contributed by atoms with van der Waals surface area (Å²) < 4.78 is 0. The van der Waals surface area contributed by atoms with Gasteiger partial charge in [0, 0.05) is 15.8 Å². The lowest BCUT2D eigenvalue weighted by Crippen LogP contribution is -2.21. The zero-order valence-corrected chi connectivity index (χ0v) is 10.8. The first-order valence-corrected chi connectivity index (χ1v) is 7.20. The molecule has 0 aliphatic heterocycles.